The van der Waals surface area contributed by atoms with Crippen molar-refractivity contribution in [1.29, 1.82) is 0 Å². The van der Waals surface area contributed by atoms with Gasteiger partial charge in [-0.1, -0.05) is 44.2 Å². The van der Waals surface area contributed by atoms with Crippen LogP contribution in [0, 0.1) is 5.92 Å². The predicted octanol–water partition coefficient (Wildman–Crippen LogP) is 2.99. The monoisotopic (exact) mass is 230 g/mol. The summed E-state index contributed by atoms with van der Waals surface area (Å²) >= 11 is 0. The van der Waals surface area contributed by atoms with Gasteiger partial charge in [-0.2, -0.15) is 5.10 Å². The lowest BCUT2D eigenvalue weighted by atomic mass is 9.99. The van der Waals surface area contributed by atoms with Crippen LogP contribution in [0.15, 0.2) is 30.3 Å². The first-order chi connectivity index (χ1) is 8.09. The smallest absolute Gasteiger partial charge is 0.212 e. The average molecular weight is 230 g/mol. The number of hydrogen-bond donors (Lipinski definition) is 1. The maximum absolute atomic E-state index is 10.0. The van der Waals surface area contributed by atoms with Crippen molar-refractivity contribution in [3.63, 3.8) is 0 Å². The second kappa shape index (κ2) is 4.62. The summed E-state index contributed by atoms with van der Waals surface area (Å²) < 4.78 is 1.54. The second-order valence-electron chi connectivity index (χ2n) is 4.74. The molecular weight excluding hydrogens is 212 g/mol. The van der Waals surface area contributed by atoms with Gasteiger partial charge >= 0.3 is 0 Å². The van der Waals surface area contributed by atoms with E-state index in [4.69, 9.17) is 0 Å². The third kappa shape index (κ3) is 2.33. The van der Waals surface area contributed by atoms with Crippen LogP contribution in [-0.4, -0.2) is 14.9 Å². The zero-order chi connectivity index (χ0) is 12.4. The molecular formula is C14H18N2O. The van der Waals surface area contributed by atoms with Crippen LogP contribution in [0.2, 0.25) is 0 Å². The Kier molecular flexibility index (Phi) is 3.18. The molecule has 0 saturated heterocycles. The van der Waals surface area contributed by atoms with Crippen LogP contribution in [0.5, 0.6) is 5.88 Å². The third-order valence-electron chi connectivity index (χ3n) is 2.77. The van der Waals surface area contributed by atoms with Crippen molar-refractivity contribution in [2.24, 2.45) is 13.0 Å². The lowest BCUT2D eigenvalue weighted by molar-refractivity contribution is 0.411. The maximum Gasteiger partial charge on any atom is 0.212 e. The lowest BCUT2D eigenvalue weighted by Crippen LogP contribution is -1.95. The van der Waals surface area contributed by atoms with E-state index < -0.39 is 0 Å². The molecule has 1 heterocycles. The highest BCUT2D eigenvalue weighted by Gasteiger charge is 2.17. The van der Waals surface area contributed by atoms with Crippen molar-refractivity contribution in [2.45, 2.75) is 20.3 Å². The molecule has 0 amide bonds. The van der Waals surface area contributed by atoms with E-state index in [2.05, 4.69) is 18.9 Å². The molecule has 1 aromatic carbocycles. The minimum absolute atomic E-state index is 0.276. The van der Waals surface area contributed by atoms with Gasteiger partial charge in [-0.05, 0) is 12.3 Å². The summed E-state index contributed by atoms with van der Waals surface area (Å²) in [6, 6.07) is 9.99. The molecule has 0 saturated carbocycles. The van der Waals surface area contributed by atoms with Crippen molar-refractivity contribution in [1.82, 2.24) is 9.78 Å². The average Bonchev–Trinajstić information content (AvgIpc) is 2.58. The first-order valence-corrected chi connectivity index (χ1v) is 5.90. The van der Waals surface area contributed by atoms with E-state index in [0.717, 1.165) is 23.2 Å². The van der Waals surface area contributed by atoms with Crippen molar-refractivity contribution in [3.05, 3.63) is 35.9 Å². The summed E-state index contributed by atoms with van der Waals surface area (Å²) in [5.41, 5.74) is 2.88. The Labute approximate surface area is 102 Å². The van der Waals surface area contributed by atoms with Crippen LogP contribution in [0.3, 0.4) is 0 Å². The van der Waals surface area contributed by atoms with E-state index in [1.807, 2.05) is 30.3 Å². The standard InChI is InChI=1S/C14H18N2O/c1-10(2)9-12-13(15-16(3)14(12)17)11-7-5-4-6-8-11/h4-8,10,17H,9H2,1-3H3. The van der Waals surface area contributed by atoms with Gasteiger partial charge in [0.25, 0.3) is 0 Å². The van der Waals surface area contributed by atoms with Gasteiger partial charge in [-0.25, -0.2) is 4.68 Å². The molecule has 0 aliphatic heterocycles. The van der Waals surface area contributed by atoms with Crippen molar-refractivity contribution < 1.29 is 5.11 Å². The van der Waals surface area contributed by atoms with Crippen LogP contribution in [0.25, 0.3) is 11.3 Å². The van der Waals surface area contributed by atoms with E-state index in [-0.39, 0.29) is 5.88 Å². The Morgan fingerprint density at radius 1 is 1.24 bits per heavy atom. The summed E-state index contributed by atoms with van der Waals surface area (Å²) in [5.74, 6) is 0.769. The molecule has 0 bridgehead atoms. The van der Waals surface area contributed by atoms with Crippen LogP contribution in [0.4, 0.5) is 0 Å². The molecule has 0 aliphatic carbocycles. The zero-order valence-electron chi connectivity index (χ0n) is 10.5. The van der Waals surface area contributed by atoms with E-state index in [9.17, 15) is 5.11 Å². The van der Waals surface area contributed by atoms with Crippen LogP contribution in [0.1, 0.15) is 19.4 Å². The van der Waals surface area contributed by atoms with E-state index >= 15 is 0 Å². The summed E-state index contributed by atoms with van der Waals surface area (Å²) in [4.78, 5) is 0. The maximum atomic E-state index is 10.0. The fraction of sp³-hybridized carbons (Fsp3) is 0.357. The van der Waals surface area contributed by atoms with Gasteiger partial charge in [-0.15, -0.1) is 0 Å². The van der Waals surface area contributed by atoms with E-state index in [1.54, 1.807) is 11.7 Å². The highest BCUT2D eigenvalue weighted by Crippen LogP contribution is 2.30. The fourth-order valence-electron chi connectivity index (χ4n) is 1.98. The SMILES string of the molecule is CC(C)Cc1c(-c2ccccc2)nn(C)c1O. The largest absolute Gasteiger partial charge is 0.493 e. The first kappa shape index (κ1) is 11.7. The van der Waals surface area contributed by atoms with Gasteiger partial charge in [-0.3, -0.25) is 0 Å². The number of rotatable bonds is 3. The van der Waals surface area contributed by atoms with Crippen LogP contribution >= 0.6 is 0 Å². The van der Waals surface area contributed by atoms with Gasteiger partial charge < -0.3 is 5.11 Å². The molecule has 1 N–H and O–H groups in total. The summed E-state index contributed by atoms with van der Waals surface area (Å²) in [6.07, 6.45) is 0.837. The molecule has 0 fully saturated rings. The molecule has 2 aromatic rings. The normalized spacial score (nSPS) is 11.1. The molecule has 17 heavy (non-hydrogen) atoms. The summed E-state index contributed by atoms with van der Waals surface area (Å²) in [6.45, 7) is 4.28. The quantitative estimate of drug-likeness (QED) is 0.880. The summed E-state index contributed by atoms with van der Waals surface area (Å²) in [5, 5.41) is 14.4. The Balaban J connectivity index is 2.50. The molecule has 90 valence electrons. The van der Waals surface area contributed by atoms with E-state index in [0.29, 0.717) is 5.92 Å². The molecule has 0 radical (unpaired) electrons. The summed E-state index contributed by atoms with van der Waals surface area (Å²) in [7, 11) is 1.77. The minimum atomic E-state index is 0.276. The Morgan fingerprint density at radius 3 is 2.47 bits per heavy atom. The highest BCUT2D eigenvalue weighted by atomic mass is 16.3. The number of nitrogens with zero attached hydrogens (tertiary/aromatic N) is 2. The number of hydrogen-bond acceptors (Lipinski definition) is 2. The molecule has 3 heteroatoms. The van der Waals surface area contributed by atoms with Crippen LogP contribution < -0.4 is 0 Å². The van der Waals surface area contributed by atoms with Crippen molar-refractivity contribution >= 4 is 0 Å². The molecule has 0 aliphatic rings. The Bertz CT molecular complexity index is 500. The predicted molar refractivity (Wildman–Crippen MR) is 68.9 cm³/mol. The highest BCUT2D eigenvalue weighted by molar-refractivity contribution is 5.65. The Hall–Kier alpha value is -1.77. The number of aryl methyl sites for hydroxylation is 1. The van der Waals surface area contributed by atoms with Gasteiger partial charge in [0.05, 0.1) is 5.69 Å². The third-order valence-corrected chi connectivity index (χ3v) is 2.77. The van der Waals surface area contributed by atoms with Crippen molar-refractivity contribution in [2.75, 3.05) is 0 Å². The zero-order valence-corrected chi connectivity index (χ0v) is 10.5. The van der Waals surface area contributed by atoms with Crippen LogP contribution in [-0.2, 0) is 13.5 Å². The van der Waals surface area contributed by atoms with E-state index in [1.165, 1.54) is 0 Å². The molecule has 2 rings (SSSR count). The number of aromatic nitrogens is 2. The first-order valence-electron chi connectivity index (χ1n) is 5.90. The van der Waals surface area contributed by atoms with Gasteiger partial charge in [0.15, 0.2) is 0 Å². The molecule has 0 unspecified atom stereocenters. The molecule has 3 nitrogen and oxygen atoms in total. The molecule has 1 aromatic heterocycles. The fourth-order valence-corrected chi connectivity index (χ4v) is 1.98. The molecule has 0 atom stereocenters. The second-order valence-corrected chi connectivity index (χ2v) is 4.74. The lowest BCUT2D eigenvalue weighted by Gasteiger charge is -2.05. The number of aromatic hydroxyl groups is 1. The number of benzene rings is 1. The van der Waals surface area contributed by atoms with Crippen molar-refractivity contribution in [3.8, 4) is 17.1 Å². The van der Waals surface area contributed by atoms with Gasteiger partial charge in [0.1, 0.15) is 0 Å². The Morgan fingerprint density at radius 2 is 1.88 bits per heavy atom. The van der Waals surface area contributed by atoms with Gasteiger partial charge in [0, 0.05) is 18.2 Å². The minimum Gasteiger partial charge on any atom is -0.493 e. The van der Waals surface area contributed by atoms with Gasteiger partial charge in [0.2, 0.25) is 5.88 Å². The topological polar surface area (TPSA) is 38.0 Å². The molecule has 0 spiro atoms.